The molecule has 8 nitrogen and oxygen atoms in total. The second-order valence-corrected chi connectivity index (χ2v) is 12.7. The van der Waals surface area contributed by atoms with Gasteiger partial charge in [0.25, 0.3) is 10.2 Å². The van der Waals surface area contributed by atoms with Gasteiger partial charge in [0, 0.05) is 32.7 Å². The maximum absolute atomic E-state index is 13.7. The zero-order valence-electron chi connectivity index (χ0n) is 22.3. The van der Waals surface area contributed by atoms with Crippen LogP contribution in [0.25, 0.3) is 0 Å². The van der Waals surface area contributed by atoms with Gasteiger partial charge >= 0.3 is 6.18 Å². The van der Waals surface area contributed by atoms with Crippen LogP contribution in [0.2, 0.25) is 0 Å². The second-order valence-electron chi connectivity index (χ2n) is 10.8. The first-order chi connectivity index (χ1) is 19.4. The first-order valence-electron chi connectivity index (χ1n) is 13.7. The summed E-state index contributed by atoms with van der Waals surface area (Å²) in [6.45, 7) is 0.979. The lowest BCUT2D eigenvalue weighted by molar-refractivity contribution is -0.142. The van der Waals surface area contributed by atoms with E-state index in [0.29, 0.717) is 56.3 Å². The number of amides is 2. The van der Waals surface area contributed by atoms with E-state index in [4.69, 9.17) is 0 Å². The number of rotatable bonds is 7. The maximum atomic E-state index is 13.7. The number of piperidine rings is 1. The summed E-state index contributed by atoms with van der Waals surface area (Å²) in [5, 5.41) is 2.72. The van der Waals surface area contributed by atoms with Gasteiger partial charge in [-0.1, -0.05) is 24.3 Å². The van der Waals surface area contributed by atoms with Crippen LogP contribution in [0.5, 0.6) is 0 Å². The Hall–Kier alpha value is -3.03. The maximum Gasteiger partial charge on any atom is 0.416 e. The average Bonchev–Trinajstić information content (AvgIpc) is 3.40. The minimum Gasteiger partial charge on any atom is -0.350 e. The summed E-state index contributed by atoms with van der Waals surface area (Å²) in [7, 11) is -3.88. The third-order valence-corrected chi connectivity index (χ3v) is 10.2. The molecule has 0 aromatic heterocycles. The van der Waals surface area contributed by atoms with E-state index in [1.807, 2.05) is 0 Å². The molecular weight excluding hydrogens is 564 g/mol. The van der Waals surface area contributed by atoms with Gasteiger partial charge in [0.15, 0.2) is 0 Å². The predicted molar refractivity (Wildman–Crippen MR) is 142 cm³/mol. The molecule has 3 heterocycles. The summed E-state index contributed by atoms with van der Waals surface area (Å²) in [4.78, 5) is 28.0. The van der Waals surface area contributed by atoms with Gasteiger partial charge in [-0.25, -0.2) is 4.39 Å². The number of halogens is 4. The third kappa shape index (κ3) is 6.26. The number of carbonyl (C=O) groups excluding carboxylic acids is 2. The molecule has 222 valence electrons. The summed E-state index contributed by atoms with van der Waals surface area (Å²) in [6.07, 6.45) is -1.82. The molecule has 1 N–H and O–H groups in total. The lowest BCUT2D eigenvalue weighted by Gasteiger charge is -2.44. The first kappa shape index (κ1) is 29.5. The van der Waals surface area contributed by atoms with E-state index in [-0.39, 0.29) is 25.5 Å². The van der Waals surface area contributed by atoms with Crippen molar-refractivity contribution in [3.63, 3.8) is 0 Å². The third-order valence-electron chi connectivity index (χ3n) is 8.15. The quantitative estimate of drug-likeness (QED) is 0.492. The van der Waals surface area contributed by atoms with E-state index in [1.54, 1.807) is 12.1 Å². The Kier molecular flexibility index (Phi) is 8.40. The van der Waals surface area contributed by atoms with Gasteiger partial charge in [0.1, 0.15) is 11.9 Å². The van der Waals surface area contributed by atoms with Crippen molar-refractivity contribution < 1.29 is 35.6 Å². The molecule has 0 aliphatic carbocycles. The SMILES string of the molecule is O=C(NCc1ccc(C(F)(F)F)cc1)[C@H]1CCCN1C(=O)[C@H]1CCCN(S(=O)(=O)N2CC[C@H]2c2cccc(F)c2)C1. The fourth-order valence-electron chi connectivity index (χ4n) is 5.84. The van der Waals surface area contributed by atoms with E-state index < -0.39 is 51.7 Å². The van der Waals surface area contributed by atoms with Crippen LogP contribution < -0.4 is 5.32 Å². The zero-order chi connectivity index (χ0) is 29.4. The lowest BCUT2D eigenvalue weighted by atomic mass is 9.97. The Morgan fingerprint density at radius 2 is 1.68 bits per heavy atom. The van der Waals surface area contributed by atoms with Crippen molar-refractivity contribution in [1.29, 1.82) is 0 Å². The highest BCUT2D eigenvalue weighted by Gasteiger charge is 2.45. The molecule has 3 atom stereocenters. The average molecular weight is 597 g/mol. The number of carbonyl (C=O) groups is 2. The Morgan fingerprint density at radius 3 is 2.34 bits per heavy atom. The van der Waals surface area contributed by atoms with Gasteiger partial charge in [-0.2, -0.15) is 30.2 Å². The van der Waals surface area contributed by atoms with E-state index in [0.717, 1.165) is 12.1 Å². The van der Waals surface area contributed by atoms with Gasteiger partial charge in [0.2, 0.25) is 11.8 Å². The van der Waals surface area contributed by atoms with Gasteiger partial charge < -0.3 is 10.2 Å². The van der Waals surface area contributed by atoms with Crippen molar-refractivity contribution in [2.75, 3.05) is 26.2 Å². The van der Waals surface area contributed by atoms with Crippen LogP contribution in [0.4, 0.5) is 17.6 Å². The summed E-state index contributed by atoms with van der Waals surface area (Å²) >= 11 is 0. The van der Waals surface area contributed by atoms with Crippen LogP contribution in [0.1, 0.15) is 54.8 Å². The molecular formula is C28H32F4N4O4S. The monoisotopic (exact) mass is 596 g/mol. The molecule has 41 heavy (non-hydrogen) atoms. The number of likely N-dealkylation sites (tertiary alicyclic amines) is 1. The van der Waals surface area contributed by atoms with Gasteiger partial charge in [-0.15, -0.1) is 0 Å². The Balaban J connectivity index is 1.20. The molecule has 13 heteroatoms. The molecule has 3 aliphatic rings. The zero-order valence-corrected chi connectivity index (χ0v) is 23.1. The highest BCUT2D eigenvalue weighted by molar-refractivity contribution is 7.86. The number of alkyl halides is 3. The summed E-state index contributed by atoms with van der Waals surface area (Å²) < 4.78 is 81.8. The van der Waals surface area contributed by atoms with Crippen LogP contribution in [0.15, 0.2) is 48.5 Å². The minimum atomic E-state index is -4.45. The van der Waals surface area contributed by atoms with Crippen LogP contribution in [-0.2, 0) is 32.5 Å². The van der Waals surface area contributed by atoms with E-state index in [1.165, 1.54) is 37.8 Å². The van der Waals surface area contributed by atoms with Crippen molar-refractivity contribution in [2.45, 2.75) is 56.9 Å². The minimum absolute atomic E-state index is 0.00390. The Labute approximate surface area is 236 Å². The molecule has 0 spiro atoms. The second kappa shape index (κ2) is 11.7. The molecule has 3 aliphatic heterocycles. The molecule has 2 aromatic rings. The highest BCUT2D eigenvalue weighted by atomic mass is 32.2. The number of benzene rings is 2. The van der Waals surface area contributed by atoms with Gasteiger partial charge in [-0.05, 0) is 67.5 Å². The lowest BCUT2D eigenvalue weighted by Crippen LogP contribution is -2.56. The number of hydrogen-bond donors (Lipinski definition) is 1. The summed E-state index contributed by atoms with van der Waals surface area (Å²) in [6, 6.07) is 9.23. The van der Waals surface area contributed by atoms with Crippen LogP contribution in [0.3, 0.4) is 0 Å². The molecule has 0 radical (unpaired) electrons. The Morgan fingerprint density at radius 1 is 0.951 bits per heavy atom. The van der Waals surface area contributed by atoms with Crippen molar-refractivity contribution in [1.82, 2.24) is 18.8 Å². The molecule has 0 unspecified atom stereocenters. The fourth-order valence-corrected chi connectivity index (χ4v) is 7.75. The van der Waals surface area contributed by atoms with Crippen molar-refractivity contribution in [2.24, 2.45) is 5.92 Å². The molecule has 2 aromatic carbocycles. The first-order valence-corrected chi connectivity index (χ1v) is 15.1. The summed E-state index contributed by atoms with van der Waals surface area (Å²) in [5.74, 6) is -1.70. The number of nitrogens with zero attached hydrogens (tertiary/aromatic N) is 3. The Bertz CT molecular complexity index is 1390. The van der Waals surface area contributed by atoms with Crippen LogP contribution >= 0.6 is 0 Å². The molecule has 2 amide bonds. The van der Waals surface area contributed by atoms with Crippen LogP contribution in [0, 0.1) is 11.7 Å². The molecule has 3 saturated heterocycles. The van der Waals surface area contributed by atoms with E-state index in [9.17, 15) is 35.6 Å². The molecule has 3 fully saturated rings. The van der Waals surface area contributed by atoms with Gasteiger partial charge in [-0.3, -0.25) is 9.59 Å². The fraction of sp³-hybridized carbons (Fsp3) is 0.500. The van der Waals surface area contributed by atoms with E-state index >= 15 is 0 Å². The standard InChI is InChI=1S/C28H32F4N4O4S/c29-23-6-1-4-20(16-23)24-12-15-36(24)41(39,40)34-13-2-5-21(18-34)27(38)35-14-3-7-25(35)26(37)33-17-19-8-10-22(11-9-19)28(30,31)32/h1,4,6,8-11,16,21,24-25H,2-3,5,7,12-15,17-18H2,(H,33,37)/t21-,24-,25+/m0/s1. The molecule has 5 rings (SSSR count). The largest absolute Gasteiger partial charge is 0.416 e. The van der Waals surface area contributed by atoms with Crippen molar-refractivity contribution >= 4 is 22.0 Å². The number of nitrogens with one attached hydrogen (secondary N) is 1. The number of hydrogen-bond acceptors (Lipinski definition) is 4. The normalized spacial score (nSPS) is 24.2. The van der Waals surface area contributed by atoms with Crippen molar-refractivity contribution in [3.8, 4) is 0 Å². The van der Waals surface area contributed by atoms with Gasteiger partial charge in [0.05, 0.1) is 17.5 Å². The van der Waals surface area contributed by atoms with Crippen molar-refractivity contribution in [3.05, 3.63) is 71.0 Å². The van der Waals surface area contributed by atoms with E-state index in [2.05, 4.69) is 5.32 Å². The van der Waals surface area contributed by atoms with Crippen LogP contribution in [-0.4, -0.2) is 66.0 Å². The molecule has 0 bridgehead atoms. The predicted octanol–water partition coefficient (Wildman–Crippen LogP) is 3.86. The molecule has 0 saturated carbocycles. The smallest absolute Gasteiger partial charge is 0.350 e. The topological polar surface area (TPSA) is 90.0 Å². The summed E-state index contributed by atoms with van der Waals surface area (Å²) in [5.41, 5.74) is 0.312. The highest BCUT2D eigenvalue weighted by Crippen LogP contribution is 2.38.